The zero-order valence-electron chi connectivity index (χ0n) is 7.87. The number of aliphatic hydroxyl groups is 1. The first-order valence-corrected chi connectivity index (χ1v) is 6.52. The maximum Gasteiger partial charge on any atom is 0.235 e. The van der Waals surface area contributed by atoms with Crippen LogP contribution in [0.4, 0.5) is 10.1 Å². The second-order valence-electron chi connectivity index (χ2n) is 2.89. The number of nitrogens with one attached hydrogen (secondary N) is 1. The number of benzene rings is 1. The number of aliphatic hydroxyl groups excluding tert-OH is 1. The quantitative estimate of drug-likeness (QED) is 0.888. The molecule has 0 aromatic heterocycles. The van der Waals surface area contributed by atoms with Gasteiger partial charge in [0.2, 0.25) is 10.0 Å². The van der Waals surface area contributed by atoms with Crippen molar-refractivity contribution in [1.82, 2.24) is 0 Å². The predicted octanol–water partition coefficient (Wildman–Crippen LogP) is 1.87. The Balaban J connectivity index is 3.07. The van der Waals surface area contributed by atoms with Crippen LogP contribution >= 0.6 is 23.2 Å². The van der Waals surface area contributed by atoms with Crippen LogP contribution < -0.4 is 4.72 Å². The first kappa shape index (κ1) is 13.5. The molecule has 1 rings (SSSR count). The first-order valence-electron chi connectivity index (χ1n) is 4.11. The summed E-state index contributed by atoms with van der Waals surface area (Å²) >= 11 is 11.3. The summed E-state index contributed by atoms with van der Waals surface area (Å²) in [6.07, 6.45) is 0. The van der Waals surface area contributed by atoms with Gasteiger partial charge < -0.3 is 5.11 Å². The minimum absolute atomic E-state index is 0.0989. The number of rotatable bonds is 4. The van der Waals surface area contributed by atoms with Crippen LogP contribution in [0.2, 0.25) is 10.0 Å². The van der Waals surface area contributed by atoms with Crippen LogP contribution in [0.1, 0.15) is 0 Å². The molecule has 0 aliphatic heterocycles. The van der Waals surface area contributed by atoms with Gasteiger partial charge in [-0.25, -0.2) is 12.8 Å². The highest BCUT2D eigenvalue weighted by molar-refractivity contribution is 7.92. The van der Waals surface area contributed by atoms with Gasteiger partial charge in [0.25, 0.3) is 0 Å². The van der Waals surface area contributed by atoms with E-state index in [1.165, 1.54) is 0 Å². The van der Waals surface area contributed by atoms with Gasteiger partial charge in [-0.05, 0) is 12.1 Å². The Labute approximate surface area is 102 Å². The number of halogens is 3. The van der Waals surface area contributed by atoms with E-state index in [-0.39, 0.29) is 15.7 Å². The maximum absolute atomic E-state index is 12.8. The van der Waals surface area contributed by atoms with Crippen LogP contribution in [-0.2, 0) is 10.0 Å². The third kappa shape index (κ3) is 3.48. The standard InChI is InChI=1S/C8H8Cl2FNO3S/c9-6-3-5(11)4-7(10)8(6)12-16(14,15)2-1-13/h3-4,12-13H,1-2H2. The molecule has 1 aromatic rings. The SMILES string of the molecule is O=S(=O)(CCO)Nc1c(Cl)cc(F)cc1Cl. The molecule has 90 valence electrons. The van der Waals surface area contributed by atoms with E-state index >= 15 is 0 Å². The highest BCUT2D eigenvalue weighted by Crippen LogP contribution is 2.32. The Morgan fingerprint density at radius 3 is 2.25 bits per heavy atom. The van der Waals surface area contributed by atoms with E-state index in [2.05, 4.69) is 4.72 Å². The molecule has 0 amide bonds. The van der Waals surface area contributed by atoms with Crippen molar-refractivity contribution >= 4 is 38.9 Å². The van der Waals surface area contributed by atoms with Gasteiger partial charge in [-0.1, -0.05) is 23.2 Å². The maximum atomic E-state index is 12.8. The molecule has 0 bridgehead atoms. The molecule has 0 spiro atoms. The van der Waals surface area contributed by atoms with E-state index in [4.69, 9.17) is 28.3 Å². The van der Waals surface area contributed by atoms with Crippen molar-refractivity contribution in [1.29, 1.82) is 0 Å². The Hall–Kier alpha value is -0.560. The normalized spacial score (nSPS) is 11.5. The van der Waals surface area contributed by atoms with Gasteiger partial charge in [-0.3, -0.25) is 4.72 Å². The lowest BCUT2D eigenvalue weighted by molar-refractivity contribution is 0.320. The lowest BCUT2D eigenvalue weighted by Gasteiger charge is -2.10. The van der Waals surface area contributed by atoms with Crippen molar-refractivity contribution in [2.24, 2.45) is 0 Å². The Bertz CT molecular complexity index is 469. The van der Waals surface area contributed by atoms with Crippen molar-refractivity contribution in [3.05, 3.63) is 28.0 Å². The summed E-state index contributed by atoms with van der Waals surface area (Å²) in [5.41, 5.74) is -0.0989. The van der Waals surface area contributed by atoms with Crippen LogP contribution in [0.3, 0.4) is 0 Å². The van der Waals surface area contributed by atoms with E-state index in [9.17, 15) is 12.8 Å². The van der Waals surface area contributed by atoms with Gasteiger partial charge in [-0.15, -0.1) is 0 Å². The molecule has 0 fully saturated rings. The van der Waals surface area contributed by atoms with Crippen molar-refractivity contribution in [2.75, 3.05) is 17.1 Å². The molecular formula is C8H8Cl2FNO3S. The van der Waals surface area contributed by atoms with E-state index in [0.717, 1.165) is 12.1 Å². The summed E-state index contributed by atoms with van der Waals surface area (Å²) in [6, 6.07) is 1.87. The van der Waals surface area contributed by atoms with E-state index in [1.807, 2.05) is 0 Å². The number of hydrogen-bond acceptors (Lipinski definition) is 3. The third-order valence-electron chi connectivity index (χ3n) is 1.62. The topological polar surface area (TPSA) is 66.4 Å². The van der Waals surface area contributed by atoms with E-state index < -0.39 is 28.2 Å². The molecule has 0 saturated heterocycles. The van der Waals surface area contributed by atoms with Crippen LogP contribution in [0.15, 0.2) is 12.1 Å². The fraction of sp³-hybridized carbons (Fsp3) is 0.250. The monoisotopic (exact) mass is 287 g/mol. The molecule has 0 aliphatic rings. The molecule has 0 heterocycles. The predicted molar refractivity (Wildman–Crippen MR) is 60.9 cm³/mol. The van der Waals surface area contributed by atoms with Crippen LogP contribution in [0, 0.1) is 5.82 Å². The van der Waals surface area contributed by atoms with Gasteiger partial charge in [0.15, 0.2) is 0 Å². The fourth-order valence-electron chi connectivity index (χ4n) is 0.966. The summed E-state index contributed by atoms with van der Waals surface area (Å²) in [6.45, 7) is -0.536. The second kappa shape index (κ2) is 5.18. The second-order valence-corrected chi connectivity index (χ2v) is 5.55. The summed E-state index contributed by atoms with van der Waals surface area (Å²) < 4.78 is 37.5. The minimum atomic E-state index is -3.73. The van der Waals surface area contributed by atoms with Crippen molar-refractivity contribution in [3.63, 3.8) is 0 Å². The molecule has 16 heavy (non-hydrogen) atoms. The Morgan fingerprint density at radius 1 is 1.31 bits per heavy atom. The van der Waals surface area contributed by atoms with Crippen LogP contribution in [0.5, 0.6) is 0 Å². The number of hydrogen-bond donors (Lipinski definition) is 2. The number of sulfonamides is 1. The third-order valence-corrected chi connectivity index (χ3v) is 3.46. The average molecular weight is 288 g/mol. The zero-order chi connectivity index (χ0) is 12.3. The molecular weight excluding hydrogens is 280 g/mol. The van der Waals surface area contributed by atoms with Gasteiger partial charge in [0.1, 0.15) is 5.82 Å². The summed E-state index contributed by atoms with van der Waals surface area (Å²) in [4.78, 5) is 0. The molecule has 0 radical (unpaired) electrons. The molecule has 8 heteroatoms. The summed E-state index contributed by atoms with van der Waals surface area (Å²) in [7, 11) is -3.73. The minimum Gasteiger partial charge on any atom is -0.395 e. The van der Waals surface area contributed by atoms with E-state index in [0.29, 0.717) is 0 Å². The number of anilines is 1. The molecule has 0 unspecified atom stereocenters. The lowest BCUT2D eigenvalue weighted by Crippen LogP contribution is -2.19. The molecule has 2 N–H and O–H groups in total. The first-order chi connectivity index (χ1) is 7.35. The van der Waals surface area contributed by atoms with Crippen molar-refractivity contribution in [2.45, 2.75) is 0 Å². The van der Waals surface area contributed by atoms with Gasteiger partial charge in [0, 0.05) is 0 Å². The molecule has 0 aliphatic carbocycles. The van der Waals surface area contributed by atoms with Gasteiger partial charge in [0.05, 0.1) is 28.1 Å². The highest BCUT2D eigenvalue weighted by atomic mass is 35.5. The zero-order valence-corrected chi connectivity index (χ0v) is 10.2. The Kier molecular flexibility index (Phi) is 4.37. The van der Waals surface area contributed by atoms with Crippen molar-refractivity contribution in [3.8, 4) is 0 Å². The van der Waals surface area contributed by atoms with Gasteiger partial charge in [-0.2, -0.15) is 0 Å². The van der Waals surface area contributed by atoms with Crippen molar-refractivity contribution < 1.29 is 17.9 Å². The van der Waals surface area contributed by atoms with E-state index in [1.54, 1.807) is 0 Å². The molecule has 4 nitrogen and oxygen atoms in total. The van der Waals surface area contributed by atoms with Crippen LogP contribution in [0.25, 0.3) is 0 Å². The average Bonchev–Trinajstić information content (AvgIpc) is 2.11. The fourth-order valence-corrected chi connectivity index (χ4v) is 2.51. The van der Waals surface area contributed by atoms with Gasteiger partial charge >= 0.3 is 0 Å². The smallest absolute Gasteiger partial charge is 0.235 e. The summed E-state index contributed by atoms with van der Waals surface area (Å²) in [5, 5.41) is 8.22. The molecule has 1 aromatic carbocycles. The highest BCUT2D eigenvalue weighted by Gasteiger charge is 2.15. The lowest BCUT2D eigenvalue weighted by atomic mass is 10.3. The molecule has 0 atom stereocenters. The van der Waals surface area contributed by atoms with Crippen LogP contribution in [-0.4, -0.2) is 25.9 Å². The largest absolute Gasteiger partial charge is 0.395 e. The summed E-state index contributed by atoms with van der Waals surface area (Å²) in [5.74, 6) is -1.16. The Morgan fingerprint density at radius 2 is 1.81 bits per heavy atom. The molecule has 0 saturated carbocycles.